The topological polar surface area (TPSA) is 20.3 Å². The Morgan fingerprint density at radius 3 is 2.26 bits per heavy atom. The van der Waals surface area contributed by atoms with Crippen molar-refractivity contribution in [1.29, 1.82) is 0 Å². The van der Waals surface area contributed by atoms with Crippen LogP contribution in [0.4, 0.5) is 0 Å². The van der Waals surface area contributed by atoms with E-state index in [0.717, 1.165) is 36.3 Å². The third-order valence-corrected chi connectivity index (χ3v) is 5.25. The first-order chi connectivity index (χ1) is 11.2. The molecule has 4 rings (SSSR count). The zero-order chi connectivity index (χ0) is 15.9. The Labute approximate surface area is 142 Å². The van der Waals surface area contributed by atoms with Crippen LogP contribution in [0.2, 0.25) is 5.02 Å². The van der Waals surface area contributed by atoms with Crippen LogP contribution in [0, 0.1) is 0 Å². The molecule has 0 saturated heterocycles. The number of hydrogen-bond donors (Lipinski definition) is 0. The molecule has 0 atom stereocenters. The van der Waals surface area contributed by atoms with Crippen LogP contribution in [0.25, 0.3) is 0 Å². The average molecular weight is 326 g/mol. The molecule has 0 unspecified atom stereocenters. The molecular weight excluding hydrogens is 306 g/mol. The molecule has 118 valence electrons. The Kier molecular flexibility index (Phi) is 3.65. The molecule has 0 spiro atoms. The number of carbonyl (C=O) groups excluding carboxylic acids is 1. The SMILES string of the molecule is O=C(N(Cc1ccc(Cl)cc1)C1CC1)C1(c2ccccc2)CC1. The van der Waals surface area contributed by atoms with E-state index in [1.165, 1.54) is 5.56 Å². The molecule has 0 aliphatic heterocycles. The molecule has 2 aliphatic rings. The molecular formula is C20H20ClNO. The third kappa shape index (κ3) is 2.88. The number of benzene rings is 2. The summed E-state index contributed by atoms with van der Waals surface area (Å²) in [6, 6.07) is 18.5. The summed E-state index contributed by atoms with van der Waals surface area (Å²) < 4.78 is 0. The predicted molar refractivity (Wildman–Crippen MR) is 92.4 cm³/mol. The van der Waals surface area contributed by atoms with Crippen LogP contribution >= 0.6 is 11.6 Å². The summed E-state index contributed by atoms with van der Waals surface area (Å²) in [4.78, 5) is 15.4. The fraction of sp³-hybridized carbons (Fsp3) is 0.350. The second kappa shape index (κ2) is 5.68. The molecule has 0 heterocycles. The first kappa shape index (κ1) is 14.8. The average Bonchev–Trinajstić information content (AvgIpc) is 3.48. The maximum Gasteiger partial charge on any atom is 0.233 e. The maximum absolute atomic E-state index is 13.3. The van der Waals surface area contributed by atoms with Crippen molar-refractivity contribution in [2.24, 2.45) is 0 Å². The van der Waals surface area contributed by atoms with Crippen molar-refractivity contribution in [3.8, 4) is 0 Å². The number of halogens is 1. The predicted octanol–water partition coefficient (Wildman–Crippen LogP) is 4.56. The van der Waals surface area contributed by atoms with E-state index in [-0.39, 0.29) is 5.41 Å². The van der Waals surface area contributed by atoms with Crippen molar-refractivity contribution in [3.05, 3.63) is 70.7 Å². The standard InChI is InChI=1S/C20H20ClNO/c21-17-8-6-15(7-9-17)14-22(18-10-11-18)19(23)20(12-13-20)16-4-2-1-3-5-16/h1-9,18H,10-14H2. The second-order valence-corrected chi connectivity index (χ2v) is 7.18. The highest BCUT2D eigenvalue weighted by Gasteiger charge is 2.54. The van der Waals surface area contributed by atoms with Crippen molar-refractivity contribution >= 4 is 17.5 Å². The fourth-order valence-corrected chi connectivity index (χ4v) is 3.45. The molecule has 3 heteroatoms. The summed E-state index contributed by atoms with van der Waals surface area (Å²) in [5.41, 5.74) is 2.06. The van der Waals surface area contributed by atoms with Gasteiger partial charge in [-0.25, -0.2) is 0 Å². The lowest BCUT2D eigenvalue weighted by Gasteiger charge is -2.28. The molecule has 2 saturated carbocycles. The molecule has 2 aromatic rings. The van der Waals surface area contributed by atoms with Crippen molar-refractivity contribution < 1.29 is 4.79 Å². The van der Waals surface area contributed by atoms with Gasteiger partial charge in [-0.3, -0.25) is 4.79 Å². The molecule has 0 N–H and O–H groups in total. The minimum atomic E-state index is -0.268. The molecule has 2 nitrogen and oxygen atoms in total. The largest absolute Gasteiger partial charge is 0.335 e. The Morgan fingerprint density at radius 2 is 1.70 bits per heavy atom. The van der Waals surface area contributed by atoms with Crippen molar-refractivity contribution in [2.75, 3.05) is 0 Å². The van der Waals surface area contributed by atoms with Crippen molar-refractivity contribution in [2.45, 2.75) is 43.7 Å². The van der Waals surface area contributed by atoms with Gasteiger partial charge in [0.2, 0.25) is 5.91 Å². The quantitative estimate of drug-likeness (QED) is 0.789. The highest BCUT2D eigenvalue weighted by atomic mass is 35.5. The van der Waals surface area contributed by atoms with Gasteiger partial charge >= 0.3 is 0 Å². The molecule has 1 amide bonds. The van der Waals surface area contributed by atoms with E-state index in [1.807, 2.05) is 42.5 Å². The Bertz CT molecular complexity index is 702. The monoisotopic (exact) mass is 325 g/mol. The number of carbonyl (C=O) groups is 1. The third-order valence-electron chi connectivity index (χ3n) is 5.00. The Balaban J connectivity index is 1.58. The van der Waals surface area contributed by atoms with Crippen LogP contribution in [-0.2, 0) is 16.8 Å². The summed E-state index contributed by atoms with van der Waals surface area (Å²) in [6.07, 6.45) is 4.20. The summed E-state index contributed by atoms with van der Waals surface area (Å²) >= 11 is 5.97. The molecule has 0 bridgehead atoms. The first-order valence-electron chi connectivity index (χ1n) is 8.30. The molecule has 0 aromatic heterocycles. The summed E-state index contributed by atoms with van der Waals surface area (Å²) in [6.45, 7) is 0.690. The molecule has 23 heavy (non-hydrogen) atoms. The van der Waals surface area contributed by atoms with E-state index < -0.39 is 0 Å². The first-order valence-corrected chi connectivity index (χ1v) is 8.68. The zero-order valence-corrected chi connectivity index (χ0v) is 13.8. The molecule has 2 aliphatic carbocycles. The number of amides is 1. The number of nitrogens with zero attached hydrogens (tertiary/aromatic N) is 1. The minimum Gasteiger partial charge on any atom is -0.335 e. The van der Waals surface area contributed by atoms with Gasteiger partial charge in [-0.1, -0.05) is 54.1 Å². The summed E-state index contributed by atoms with van der Waals surface area (Å²) in [7, 11) is 0. The van der Waals surface area contributed by atoms with E-state index in [9.17, 15) is 4.79 Å². The molecule has 2 fully saturated rings. The lowest BCUT2D eigenvalue weighted by molar-refractivity contribution is -0.135. The second-order valence-electron chi connectivity index (χ2n) is 6.74. The van der Waals surface area contributed by atoms with Gasteiger partial charge in [0.25, 0.3) is 0 Å². The molecule has 2 aromatic carbocycles. The van der Waals surface area contributed by atoms with E-state index in [0.29, 0.717) is 18.5 Å². The van der Waals surface area contributed by atoms with Gasteiger partial charge in [0, 0.05) is 17.6 Å². The fourth-order valence-electron chi connectivity index (χ4n) is 3.32. The van der Waals surface area contributed by atoms with Crippen molar-refractivity contribution in [1.82, 2.24) is 4.90 Å². The minimum absolute atomic E-state index is 0.268. The number of hydrogen-bond acceptors (Lipinski definition) is 1. The van der Waals surface area contributed by atoms with Crippen LogP contribution in [0.1, 0.15) is 36.8 Å². The van der Waals surface area contributed by atoms with Gasteiger partial charge in [0.1, 0.15) is 0 Å². The maximum atomic E-state index is 13.3. The highest BCUT2D eigenvalue weighted by molar-refractivity contribution is 6.30. The van der Waals surface area contributed by atoms with E-state index in [2.05, 4.69) is 17.0 Å². The normalized spacial score (nSPS) is 18.5. The van der Waals surface area contributed by atoms with Gasteiger partial charge < -0.3 is 4.90 Å². The zero-order valence-electron chi connectivity index (χ0n) is 13.0. The van der Waals surface area contributed by atoms with Crippen LogP contribution in [0.15, 0.2) is 54.6 Å². The van der Waals surface area contributed by atoms with Crippen LogP contribution in [-0.4, -0.2) is 16.8 Å². The Hall–Kier alpha value is -1.80. The van der Waals surface area contributed by atoms with Crippen LogP contribution in [0.3, 0.4) is 0 Å². The summed E-state index contributed by atoms with van der Waals surface area (Å²) in [5.74, 6) is 0.307. The van der Waals surface area contributed by atoms with Gasteiger partial charge in [-0.15, -0.1) is 0 Å². The van der Waals surface area contributed by atoms with E-state index in [1.54, 1.807) is 0 Å². The van der Waals surface area contributed by atoms with E-state index in [4.69, 9.17) is 11.6 Å². The van der Waals surface area contributed by atoms with Crippen molar-refractivity contribution in [3.63, 3.8) is 0 Å². The van der Waals surface area contributed by atoms with Gasteiger partial charge in [-0.05, 0) is 48.9 Å². The lowest BCUT2D eigenvalue weighted by atomic mass is 9.94. The van der Waals surface area contributed by atoms with Gasteiger partial charge in [0.05, 0.1) is 5.41 Å². The smallest absolute Gasteiger partial charge is 0.233 e. The summed E-state index contributed by atoms with van der Waals surface area (Å²) in [5, 5.41) is 0.737. The van der Waals surface area contributed by atoms with Gasteiger partial charge in [0.15, 0.2) is 0 Å². The molecule has 0 radical (unpaired) electrons. The van der Waals surface area contributed by atoms with Crippen LogP contribution in [0.5, 0.6) is 0 Å². The lowest BCUT2D eigenvalue weighted by Crippen LogP contribution is -2.40. The Morgan fingerprint density at radius 1 is 1.04 bits per heavy atom. The highest BCUT2D eigenvalue weighted by Crippen LogP contribution is 2.51. The van der Waals surface area contributed by atoms with Gasteiger partial charge in [-0.2, -0.15) is 0 Å². The van der Waals surface area contributed by atoms with E-state index >= 15 is 0 Å². The van der Waals surface area contributed by atoms with Crippen LogP contribution < -0.4 is 0 Å². The number of rotatable bonds is 5.